The Hall–Kier alpha value is -1.63. The molecule has 1 aliphatic heterocycles. The molecule has 0 aromatic rings. The van der Waals surface area contributed by atoms with Crippen molar-refractivity contribution in [2.75, 3.05) is 13.1 Å². The van der Waals surface area contributed by atoms with Gasteiger partial charge in [0.1, 0.15) is 12.1 Å². The van der Waals surface area contributed by atoms with E-state index in [2.05, 4.69) is 16.0 Å². The van der Waals surface area contributed by atoms with E-state index in [4.69, 9.17) is 5.73 Å². The molecule has 1 heterocycles. The maximum atomic E-state index is 12.1. The normalized spacial score (nSPS) is 24.6. The highest BCUT2D eigenvalue weighted by Gasteiger charge is 2.26. The van der Waals surface area contributed by atoms with Gasteiger partial charge < -0.3 is 21.7 Å². The van der Waals surface area contributed by atoms with Crippen LogP contribution in [0.1, 0.15) is 39.0 Å². The topological polar surface area (TPSA) is 113 Å². The molecule has 1 saturated heterocycles. The van der Waals surface area contributed by atoms with E-state index < -0.39 is 12.1 Å². The van der Waals surface area contributed by atoms with Crippen LogP contribution in [-0.4, -0.2) is 42.9 Å². The highest BCUT2D eigenvalue weighted by molar-refractivity contribution is 5.93. The van der Waals surface area contributed by atoms with Gasteiger partial charge in [-0.3, -0.25) is 14.4 Å². The zero-order valence-electron chi connectivity index (χ0n) is 11.9. The number of nitrogens with two attached hydrogens (primary N) is 1. The van der Waals surface area contributed by atoms with E-state index in [1.807, 2.05) is 6.92 Å². The maximum Gasteiger partial charge on any atom is 0.243 e. The van der Waals surface area contributed by atoms with E-state index in [1.54, 1.807) is 0 Å². The molecular weight excluding hydrogens is 260 g/mol. The fourth-order valence-electron chi connectivity index (χ4n) is 2.08. The second kappa shape index (κ2) is 8.52. The molecule has 0 radical (unpaired) electrons. The molecule has 3 amide bonds. The minimum absolute atomic E-state index is 0.186. The molecule has 0 bridgehead atoms. The predicted octanol–water partition coefficient (Wildman–Crippen LogP) is -0.985. The molecule has 1 aliphatic rings. The monoisotopic (exact) mass is 284 g/mol. The van der Waals surface area contributed by atoms with E-state index in [0.717, 1.165) is 12.8 Å². The Labute approximate surface area is 119 Å². The van der Waals surface area contributed by atoms with Gasteiger partial charge in [0, 0.05) is 13.0 Å². The fourth-order valence-corrected chi connectivity index (χ4v) is 2.08. The zero-order chi connectivity index (χ0) is 15.0. The van der Waals surface area contributed by atoms with Gasteiger partial charge in [-0.25, -0.2) is 0 Å². The van der Waals surface area contributed by atoms with Crippen LogP contribution in [0.5, 0.6) is 0 Å². The van der Waals surface area contributed by atoms with Crippen LogP contribution in [0.3, 0.4) is 0 Å². The molecule has 2 atom stereocenters. The Morgan fingerprint density at radius 1 is 1.10 bits per heavy atom. The lowest BCUT2D eigenvalue weighted by Gasteiger charge is -2.24. The number of hydrogen-bond acceptors (Lipinski definition) is 4. The van der Waals surface area contributed by atoms with Crippen LogP contribution in [0.15, 0.2) is 0 Å². The molecule has 114 valence electrons. The lowest BCUT2D eigenvalue weighted by atomic mass is 10.1. The van der Waals surface area contributed by atoms with Crippen molar-refractivity contribution in [1.82, 2.24) is 16.0 Å². The minimum atomic E-state index is -0.578. The molecule has 5 N–H and O–H groups in total. The molecule has 0 aromatic heterocycles. The van der Waals surface area contributed by atoms with Crippen molar-refractivity contribution in [3.05, 3.63) is 0 Å². The summed E-state index contributed by atoms with van der Waals surface area (Å²) in [4.78, 5) is 35.6. The molecule has 7 heteroatoms. The summed E-state index contributed by atoms with van der Waals surface area (Å²) in [6.45, 7) is 2.67. The molecule has 20 heavy (non-hydrogen) atoms. The Balaban J connectivity index is 2.70. The standard InChI is InChI=1S/C13H24N4O3/c1-2-9-13(20)17-10(5-3-4-7-14)12(19)15-8-6-11(18)16-9/h9-10H,2-8,14H2,1H3,(H,15,19)(H,16,18)(H,17,20)/t9-,10-/m0/s1. The van der Waals surface area contributed by atoms with E-state index in [9.17, 15) is 14.4 Å². The van der Waals surface area contributed by atoms with Crippen LogP contribution >= 0.6 is 0 Å². The average molecular weight is 284 g/mol. The van der Waals surface area contributed by atoms with Crippen molar-refractivity contribution in [2.24, 2.45) is 5.73 Å². The highest BCUT2D eigenvalue weighted by atomic mass is 16.2. The molecule has 1 rings (SSSR count). The van der Waals surface area contributed by atoms with Crippen LogP contribution in [0.4, 0.5) is 0 Å². The van der Waals surface area contributed by atoms with Crippen molar-refractivity contribution < 1.29 is 14.4 Å². The van der Waals surface area contributed by atoms with E-state index in [1.165, 1.54) is 0 Å². The van der Waals surface area contributed by atoms with Gasteiger partial charge in [-0.2, -0.15) is 0 Å². The summed E-state index contributed by atoms with van der Waals surface area (Å²) >= 11 is 0. The highest BCUT2D eigenvalue weighted by Crippen LogP contribution is 2.04. The number of unbranched alkanes of at least 4 members (excludes halogenated alkanes) is 1. The van der Waals surface area contributed by atoms with E-state index >= 15 is 0 Å². The molecule has 0 unspecified atom stereocenters. The average Bonchev–Trinajstić information content (AvgIpc) is 2.42. The molecule has 7 nitrogen and oxygen atoms in total. The number of hydrogen-bond donors (Lipinski definition) is 4. The van der Waals surface area contributed by atoms with Crippen molar-refractivity contribution in [2.45, 2.75) is 51.1 Å². The van der Waals surface area contributed by atoms with Crippen molar-refractivity contribution in [3.63, 3.8) is 0 Å². The molecule has 0 saturated carbocycles. The summed E-state index contributed by atoms with van der Waals surface area (Å²) in [6.07, 6.45) is 2.82. The first-order valence-corrected chi connectivity index (χ1v) is 7.16. The molecule has 0 spiro atoms. The van der Waals surface area contributed by atoms with E-state index in [0.29, 0.717) is 19.4 Å². The zero-order valence-corrected chi connectivity index (χ0v) is 11.9. The number of carbonyl (C=O) groups excluding carboxylic acids is 3. The number of carbonyl (C=O) groups is 3. The summed E-state index contributed by atoms with van der Waals surface area (Å²) in [6, 6.07) is -1.14. The smallest absolute Gasteiger partial charge is 0.243 e. The summed E-state index contributed by atoms with van der Waals surface area (Å²) < 4.78 is 0. The first-order chi connectivity index (χ1) is 9.58. The summed E-state index contributed by atoms with van der Waals surface area (Å²) in [5, 5.41) is 8.04. The fraction of sp³-hybridized carbons (Fsp3) is 0.769. The Morgan fingerprint density at radius 2 is 1.85 bits per heavy atom. The van der Waals surface area contributed by atoms with Gasteiger partial charge in [0.2, 0.25) is 17.7 Å². The summed E-state index contributed by atoms with van der Waals surface area (Å²) in [5.41, 5.74) is 5.43. The third-order valence-electron chi connectivity index (χ3n) is 3.29. The molecule has 0 aromatic carbocycles. The van der Waals surface area contributed by atoms with Crippen LogP contribution < -0.4 is 21.7 Å². The minimum Gasteiger partial charge on any atom is -0.354 e. The number of nitrogens with one attached hydrogen (secondary N) is 3. The molecular formula is C13H24N4O3. The Morgan fingerprint density at radius 3 is 2.50 bits per heavy atom. The Kier molecular flexibility index (Phi) is 7.00. The SMILES string of the molecule is CC[C@@H]1NC(=O)CCNC(=O)[C@H](CCCCN)NC1=O. The number of rotatable bonds is 5. The first kappa shape index (κ1) is 16.4. The van der Waals surface area contributed by atoms with Gasteiger partial charge in [0.25, 0.3) is 0 Å². The molecule has 0 aliphatic carbocycles. The quantitative estimate of drug-likeness (QED) is 0.486. The second-order valence-electron chi connectivity index (χ2n) is 4.92. The lowest BCUT2D eigenvalue weighted by molar-refractivity contribution is -0.133. The first-order valence-electron chi connectivity index (χ1n) is 7.16. The van der Waals surface area contributed by atoms with Gasteiger partial charge in [-0.05, 0) is 32.2 Å². The Bertz CT molecular complexity index is 360. The van der Waals surface area contributed by atoms with Gasteiger partial charge in [-0.15, -0.1) is 0 Å². The van der Waals surface area contributed by atoms with Crippen molar-refractivity contribution in [1.29, 1.82) is 0 Å². The van der Waals surface area contributed by atoms with Gasteiger partial charge in [0.05, 0.1) is 0 Å². The van der Waals surface area contributed by atoms with E-state index in [-0.39, 0.29) is 30.7 Å². The lowest BCUT2D eigenvalue weighted by Crippen LogP contribution is -2.55. The summed E-state index contributed by atoms with van der Waals surface area (Å²) in [7, 11) is 0. The van der Waals surface area contributed by atoms with Gasteiger partial charge >= 0.3 is 0 Å². The third kappa shape index (κ3) is 5.16. The van der Waals surface area contributed by atoms with Crippen LogP contribution in [0.25, 0.3) is 0 Å². The maximum absolute atomic E-state index is 12.1. The van der Waals surface area contributed by atoms with Crippen LogP contribution in [0, 0.1) is 0 Å². The summed E-state index contributed by atoms with van der Waals surface area (Å²) in [5.74, 6) is -0.774. The second-order valence-corrected chi connectivity index (χ2v) is 4.92. The van der Waals surface area contributed by atoms with Crippen LogP contribution in [-0.2, 0) is 14.4 Å². The largest absolute Gasteiger partial charge is 0.354 e. The van der Waals surface area contributed by atoms with Gasteiger partial charge in [-0.1, -0.05) is 6.92 Å². The predicted molar refractivity (Wildman–Crippen MR) is 74.7 cm³/mol. The van der Waals surface area contributed by atoms with Crippen molar-refractivity contribution in [3.8, 4) is 0 Å². The number of amides is 3. The van der Waals surface area contributed by atoms with Crippen molar-refractivity contribution >= 4 is 17.7 Å². The molecule has 1 fully saturated rings. The van der Waals surface area contributed by atoms with Gasteiger partial charge in [0.15, 0.2) is 0 Å². The van der Waals surface area contributed by atoms with Crippen LogP contribution in [0.2, 0.25) is 0 Å². The third-order valence-corrected chi connectivity index (χ3v) is 3.29.